The second-order valence-electron chi connectivity index (χ2n) is 8.35. The number of pyridine rings is 1. The lowest BCUT2D eigenvalue weighted by Gasteiger charge is -2.37. The van der Waals surface area contributed by atoms with Gasteiger partial charge in [-0.2, -0.15) is 0 Å². The Bertz CT molecular complexity index is 793. The molecule has 134 valence electrons. The number of amides is 1. The van der Waals surface area contributed by atoms with Crippen LogP contribution in [-0.4, -0.2) is 46.2 Å². The number of aromatic nitrogens is 2. The number of nitrogens with zero attached hydrogens (tertiary/aromatic N) is 3. The molecule has 1 saturated carbocycles. The van der Waals surface area contributed by atoms with Gasteiger partial charge in [-0.15, -0.1) is 0 Å². The minimum Gasteiger partial charge on any atom is -0.374 e. The van der Waals surface area contributed by atoms with Gasteiger partial charge in [-0.05, 0) is 37.2 Å². The average molecular weight is 343 g/mol. The molecule has 1 saturated heterocycles. The first-order valence-electron chi connectivity index (χ1n) is 9.09. The number of morpholine rings is 1. The van der Waals surface area contributed by atoms with E-state index in [0.717, 1.165) is 36.8 Å². The van der Waals surface area contributed by atoms with Gasteiger partial charge in [0.25, 0.3) is 11.6 Å². The van der Waals surface area contributed by atoms with E-state index in [1.54, 1.807) is 6.20 Å². The lowest BCUT2D eigenvalue weighted by atomic mass is 9.89. The molecule has 4 rings (SSSR count). The first-order chi connectivity index (χ1) is 11.9. The number of carbonyl (C=O) groups is 1. The molecular formula is C19H25N3O3. The van der Waals surface area contributed by atoms with Crippen LogP contribution < -0.4 is 0 Å². The fourth-order valence-electron chi connectivity index (χ4n) is 3.97. The molecule has 3 heterocycles. The van der Waals surface area contributed by atoms with E-state index < -0.39 is 0 Å². The van der Waals surface area contributed by atoms with Gasteiger partial charge in [-0.3, -0.25) is 4.79 Å². The molecule has 6 heteroatoms. The van der Waals surface area contributed by atoms with E-state index in [0.29, 0.717) is 24.4 Å². The molecule has 0 aromatic carbocycles. The van der Waals surface area contributed by atoms with Crippen LogP contribution in [-0.2, 0) is 11.2 Å². The van der Waals surface area contributed by atoms with Crippen LogP contribution in [0.15, 0.2) is 16.8 Å². The van der Waals surface area contributed by atoms with Crippen molar-refractivity contribution in [3.8, 4) is 0 Å². The fourth-order valence-corrected chi connectivity index (χ4v) is 3.97. The van der Waals surface area contributed by atoms with Crippen LogP contribution in [0, 0.1) is 5.41 Å². The van der Waals surface area contributed by atoms with Crippen LogP contribution in [0.1, 0.15) is 56.1 Å². The summed E-state index contributed by atoms with van der Waals surface area (Å²) < 4.78 is 11.2. The van der Waals surface area contributed by atoms with Crippen LogP contribution in [0.5, 0.6) is 0 Å². The zero-order valence-corrected chi connectivity index (χ0v) is 15.1. The Balaban J connectivity index is 1.64. The summed E-state index contributed by atoms with van der Waals surface area (Å²) in [4.78, 5) is 19.4. The third-order valence-electron chi connectivity index (χ3n) is 5.09. The molecule has 2 fully saturated rings. The van der Waals surface area contributed by atoms with Crippen LogP contribution in [0.4, 0.5) is 0 Å². The van der Waals surface area contributed by atoms with E-state index in [-0.39, 0.29) is 23.5 Å². The molecule has 0 spiro atoms. The average Bonchev–Trinajstić information content (AvgIpc) is 3.19. The van der Waals surface area contributed by atoms with Crippen LogP contribution in [0.25, 0.3) is 11.1 Å². The van der Waals surface area contributed by atoms with Gasteiger partial charge in [0.05, 0.1) is 35.4 Å². The Kier molecular flexibility index (Phi) is 4.02. The summed E-state index contributed by atoms with van der Waals surface area (Å²) in [6, 6.07) is 2.09. The van der Waals surface area contributed by atoms with E-state index >= 15 is 0 Å². The minimum atomic E-state index is 0.0394. The van der Waals surface area contributed by atoms with Crippen molar-refractivity contribution in [1.29, 1.82) is 0 Å². The van der Waals surface area contributed by atoms with Gasteiger partial charge < -0.3 is 14.2 Å². The molecule has 2 atom stereocenters. The van der Waals surface area contributed by atoms with Gasteiger partial charge >= 0.3 is 0 Å². The standard InChI is InChI=1S/C19H25N3O3/c1-19(2,3)10-14-13-9-12(11-20-17(13)25-21-14)18(23)22-7-8-24-16-6-4-5-15(16)22/h9,11,15-16H,4-8,10H2,1-3H3/t15-,16+/m0/s1. The maximum atomic E-state index is 13.1. The molecular weight excluding hydrogens is 318 g/mol. The molecule has 2 aromatic heterocycles. The van der Waals surface area contributed by atoms with Crippen molar-refractivity contribution in [2.45, 2.75) is 58.6 Å². The van der Waals surface area contributed by atoms with Crippen LogP contribution in [0.3, 0.4) is 0 Å². The Morgan fingerprint density at radius 2 is 2.20 bits per heavy atom. The summed E-state index contributed by atoms with van der Waals surface area (Å²) >= 11 is 0. The first kappa shape index (κ1) is 16.5. The highest BCUT2D eigenvalue weighted by atomic mass is 16.5. The summed E-state index contributed by atoms with van der Waals surface area (Å²) in [6.07, 6.45) is 5.78. The SMILES string of the molecule is CC(C)(C)Cc1noc2ncc(C(=O)N3CCO[C@@H]4CCC[C@@H]43)cc12. The fraction of sp³-hybridized carbons (Fsp3) is 0.632. The van der Waals surface area contributed by atoms with Gasteiger partial charge in [-0.1, -0.05) is 25.9 Å². The predicted octanol–water partition coefficient (Wildman–Crippen LogP) is 3.20. The topological polar surface area (TPSA) is 68.5 Å². The number of carbonyl (C=O) groups excluding carboxylic acids is 1. The number of hydrogen-bond donors (Lipinski definition) is 0. The second-order valence-corrected chi connectivity index (χ2v) is 8.35. The third kappa shape index (κ3) is 3.15. The van der Waals surface area contributed by atoms with Crippen molar-refractivity contribution in [3.05, 3.63) is 23.5 Å². The van der Waals surface area contributed by atoms with Crippen molar-refractivity contribution >= 4 is 17.0 Å². The van der Waals surface area contributed by atoms with Crippen molar-refractivity contribution in [3.63, 3.8) is 0 Å². The molecule has 1 aliphatic heterocycles. The normalized spacial score (nSPS) is 23.9. The summed E-state index contributed by atoms with van der Waals surface area (Å²) in [7, 11) is 0. The number of rotatable bonds is 2. The first-order valence-corrected chi connectivity index (χ1v) is 9.09. The summed E-state index contributed by atoms with van der Waals surface area (Å²) in [5.41, 5.74) is 2.06. The number of fused-ring (bicyclic) bond motifs is 2. The van der Waals surface area contributed by atoms with Crippen molar-refractivity contribution in [1.82, 2.24) is 15.0 Å². The summed E-state index contributed by atoms with van der Waals surface area (Å²) in [6.45, 7) is 7.74. The zero-order chi connectivity index (χ0) is 17.6. The van der Waals surface area contributed by atoms with E-state index in [4.69, 9.17) is 9.26 Å². The summed E-state index contributed by atoms with van der Waals surface area (Å²) in [5, 5.41) is 5.01. The van der Waals surface area contributed by atoms with E-state index in [2.05, 4.69) is 30.9 Å². The van der Waals surface area contributed by atoms with Gasteiger partial charge in [0.2, 0.25) is 0 Å². The molecule has 1 aliphatic carbocycles. The van der Waals surface area contributed by atoms with E-state index in [9.17, 15) is 4.79 Å². The maximum absolute atomic E-state index is 13.1. The lowest BCUT2D eigenvalue weighted by Crippen LogP contribution is -2.51. The number of hydrogen-bond acceptors (Lipinski definition) is 5. The quantitative estimate of drug-likeness (QED) is 0.837. The largest absolute Gasteiger partial charge is 0.374 e. The second kappa shape index (κ2) is 6.09. The molecule has 6 nitrogen and oxygen atoms in total. The lowest BCUT2D eigenvalue weighted by molar-refractivity contribution is -0.0445. The molecule has 2 aromatic rings. The molecule has 0 bridgehead atoms. The molecule has 0 N–H and O–H groups in total. The van der Waals surface area contributed by atoms with Crippen molar-refractivity contribution < 1.29 is 14.1 Å². The maximum Gasteiger partial charge on any atom is 0.257 e. The van der Waals surface area contributed by atoms with Gasteiger partial charge in [0.15, 0.2) is 0 Å². The van der Waals surface area contributed by atoms with Gasteiger partial charge in [0.1, 0.15) is 0 Å². The third-order valence-corrected chi connectivity index (χ3v) is 5.09. The summed E-state index contributed by atoms with van der Waals surface area (Å²) in [5.74, 6) is 0.0394. The minimum absolute atomic E-state index is 0.0394. The Labute approximate surface area is 147 Å². The van der Waals surface area contributed by atoms with Gasteiger partial charge in [-0.25, -0.2) is 4.98 Å². The monoisotopic (exact) mass is 343 g/mol. The molecule has 0 radical (unpaired) electrons. The zero-order valence-electron chi connectivity index (χ0n) is 15.1. The Morgan fingerprint density at radius 1 is 1.36 bits per heavy atom. The number of ether oxygens (including phenoxy) is 1. The predicted molar refractivity (Wildman–Crippen MR) is 93.4 cm³/mol. The van der Waals surface area contributed by atoms with Crippen LogP contribution in [0.2, 0.25) is 0 Å². The molecule has 0 unspecified atom stereocenters. The highest BCUT2D eigenvalue weighted by Crippen LogP contribution is 2.31. The van der Waals surface area contributed by atoms with Gasteiger partial charge in [0, 0.05) is 12.7 Å². The van der Waals surface area contributed by atoms with Crippen molar-refractivity contribution in [2.24, 2.45) is 5.41 Å². The van der Waals surface area contributed by atoms with E-state index in [1.807, 2.05) is 11.0 Å². The smallest absolute Gasteiger partial charge is 0.257 e. The molecule has 25 heavy (non-hydrogen) atoms. The Morgan fingerprint density at radius 3 is 3.00 bits per heavy atom. The highest BCUT2D eigenvalue weighted by Gasteiger charge is 2.38. The molecule has 1 amide bonds. The van der Waals surface area contributed by atoms with Crippen molar-refractivity contribution in [2.75, 3.05) is 13.2 Å². The Hall–Kier alpha value is -1.95. The highest BCUT2D eigenvalue weighted by molar-refractivity contribution is 5.97. The van der Waals surface area contributed by atoms with E-state index in [1.165, 1.54) is 0 Å². The molecule has 2 aliphatic rings. The van der Waals surface area contributed by atoms with Crippen LogP contribution >= 0.6 is 0 Å².